The van der Waals surface area contributed by atoms with Crippen molar-refractivity contribution in [2.45, 2.75) is 57.7 Å². The van der Waals surface area contributed by atoms with Crippen LogP contribution in [0, 0.1) is 11.8 Å². The Labute approximate surface area is 98.6 Å². The summed E-state index contributed by atoms with van der Waals surface area (Å²) >= 11 is 0. The zero-order valence-corrected chi connectivity index (χ0v) is 10.7. The molecule has 88 valence electrons. The van der Waals surface area contributed by atoms with Crippen LogP contribution >= 0.6 is 0 Å². The molecule has 0 aromatic carbocycles. The highest BCUT2D eigenvalue weighted by molar-refractivity contribution is 5.34. The molecule has 1 unspecified atom stereocenters. The maximum atomic E-state index is 6.52. The van der Waals surface area contributed by atoms with Crippen LogP contribution in [0.4, 0.5) is 0 Å². The lowest BCUT2D eigenvalue weighted by molar-refractivity contribution is -0.0945. The number of allylic oxidation sites excluding steroid dienone is 1. The van der Waals surface area contributed by atoms with Gasteiger partial charge in [-0.25, -0.2) is 0 Å². The first-order valence-corrected chi connectivity index (χ1v) is 6.51. The van der Waals surface area contributed by atoms with Crippen molar-refractivity contribution in [1.82, 2.24) is 0 Å². The molecule has 1 spiro atoms. The molecule has 2 bridgehead atoms. The van der Waals surface area contributed by atoms with Gasteiger partial charge in [-0.05, 0) is 57.9 Å². The fourth-order valence-electron chi connectivity index (χ4n) is 4.07. The van der Waals surface area contributed by atoms with E-state index in [2.05, 4.69) is 33.4 Å². The molecule has 1 nitrogen and oxygen atoms in total. The van der Waals surface area contributed by atoms with E-state index in [1.807, 2.05) is 0 Å². The topological polar surface area (TPSA) is 9.23 Å². The average molecular weight is 218 g/mol. The van der Waals surface area contributed by atoms with Crippen LogP contribution < -0.4 is 0 Å². The Hall–Kier alpha value is -0.560. The fourth-order valence-corrected chi connectivity index (χ4v) is 4.07. The zero-order chi connectivity index (χ0) is 11.6. The Balaban J connectivity index is 2.08. The molecular weight excluding hydrogens is 196 g/mol. The van der Waals surface area contributed by atoms with Crippen molar-refractivity contribution in [2.24, 2.45) is 11.8 Å². The van der Waals surface area contributed by atoms with Crippen molar-refractivity contribution in [1.29, 1.82) is 0 Å². The van der Waals surface area contributed by atoms with Crippen LogP contribution in [-0.2, 0) is 4.74 Å². The smallest absolute Gasteiger partial charge is 0.0967 e. The summed E-state index contributed by atoms with van der Waals surface area (Å²) in [6, 6.07) is 0. The highest BCUT2D eigenvalue weighted by Crippen LogP contribution is 2.59. The molecule has 1 saturated carbocycles. The third kappa shape index (κ3) is 1.15. The van der Waals surface area contributed by atoms with Crippen LogP contribution in [0.2, 0.25) is 0 Å². The molecule has 1 heterocycles. The quantitative estimate of drug-likeness (QED) is 0.561. The van der Waals surface area contributed by atoms with E-state index in [0.29, 0.717) is 11.8 Å². The normalized spacial score (nSPS) is 45.2. The molecule has 0 N–H and O–H groups in total. The van der Waals surface area contributed by atoms with E-state index in [1.165, 1.54) is 30.4 Å². The number of hydrogen-bond acceptors (Lipinski definition) is 1. The van der Waals surface area contributed by atoms with Crippen molar-refractivity contribution in [2.75, 3.05) is 0 Å². The van der Waals surface area contributed by atoms with Gasteiger partial charge in [-0.1, -0.05) is 18.2 Å². The Bertz CT molecular complexity index is 377. The van der Waals surface area contributed by atoms with Gasteiger partial charge in [0.2, 0.25) is 0 Å². The van der Waals surface area contributed by atoms with Crippen molar-refractivity contribution >= 4 is 0 Å². The first-order valence-electron chi connectivity index (χ1n) is 6.51. The fraction of sp³-hybridized carbons (Fsp3) is 0.733. The predicted octanol–water partition coefficient (Wildman–Crippen LogP) is 3.86. The summed E-state index contributed by atoms with van der Waals surface area (Å²) < 4.78 is 6.52. The molecule has 2 aliphatic carbocycles. The van der Waals surface area contributed by atoms with Crippen LogP contribution in [0.1, 0.15) is 46.5 Å². The van der Waals surface area contributed by atoms with Crippen LogP contribution in [0.15, 0.2) is 23.8 Å². The Kier molecular flexibility index (Phi) is 1.99. The van der Waals surface area contributed by atoms with Crippen molar-refractivity contribution in [3.63, 3.8) is 0 Å². The van der Waals surface area contributed by atoms with E-state index in [4.69, 9.17) is 4.74 Å². The maximum Gasteiger partial charge on any atom is 0.0967 e. The van der Waals surface area contributed by atoms with E-state index in [1.54, 1.807) is 0 Å². The number of ether oxygens (including phenoxy) is 1. The highest BCUT2D eigenvalue weighted by Gasteiger charge is 2.58. The molecule has 1 heteroatoms. The molecule has 16 heavy (non-hydrogen) atoms. The monoisotopic (exact) mass is 218 g/mol. The van der Waals surface area contributed by atoms with E-state index in [9.17, 15) is 0 Å². The van der Waals surface area contributed by atoms with Crippen molar-refractivity contribution in [3.8, 4) is 0 Å². The summed E-state index contributed by atoms with van der Waals surface area (Å²) in [5.74, 6) is 1.26. The molecule has 3 aliphatic rings. The molecular formula is C15H22O. The van der Waals surface area contributed by atoms with Gasteiger partial charge in [0.05, 0.1) is 11.2 Å². The number of rotatable bonds is 0. The third-order valence-electron chi connectivity index (χ3n) is 5.17. The largest absolute Gasteiger partial charge is 0.364 e. The summed E-state index contributed by atoms with van der Waals surface area (Å²) in [4.78, 5) is 0. The van der Waals surface area contributed by atoms with E-state index in [-0.39, 0.29) is 11.2 Å². The summed E-state index contributed by atoms with van der Waals surface area (Å²) in [7, 11) is 0. The van der Waals surface area contributed by atoms with Crippen LogP contribution in [-0.4, -0.2) is 11.2 Å². The summed E-state index contributed by atoms with van der Waals surface area (Å²) in [5.41, 5.74) is 2.95. The molecule has 0 amide bonds. The second kappa shape index (κ2) is 3.01. The minimum Gasteiger partial charge on any atom is -0.364 e. The average Bonchev–Trinajstić information content (AvgIpc) is 2.57. The van der Waals surface area contributed by atoms with Gasteiger partial charge in [0.25, 0.3) is 0 Å². The second-order valence-corrected chi connectivity index (χ2v) is 6.37. The molecule has 0 aromatic heterocycles. The van der Waals surface area contributed by atoms with Gasteiger partial charge in [0.1, 0.15) is 0 Å². The van der Waals surface area contributed by atoms with Crippen molar-refractivity contribution in [3.05, 3.63) is 23.8 Å². The van der Waals surface area contributed by atoms with Crippen LogP contribution in [0.3, 0.4) is 0 Å². The zero-order valence-electron chi connectivity index (χ0n) is 10.7. The Morgan fingerprint density at radius 1 is 1.44 bits per heavy atom. The summed E-state index contributed by atoms with van der Waals surface area (Å²) in [5, 5.41) is 0. The highest BCUT2D eigenvalue weighted by atomic mass is 16.5. The number of fused-ring (bicyclic) bond motifs is 1. The lowest BCUT2D eigenvalue weighted by Gasteiger charge is -2.37. The maximum absolute atomic E-state index is 6.52. The van der Waals surface area contributed by atoms with Gasteiger partial charge in [-0.15, -0.1) is 0 Å². The van der Waals surface area contributed by atoms with Gasteiger partial charge < -0.3 is 4.74 Å². The molecule has 0 aromatic rings. The molecule has 3 rings (SSSR count). The SMILES string of the molecule is C=C1CC[C@@H]2C[C@]3(OC2(C)C)C(C)=CCC13. The number of hydrogen-bond donors (Lipinski definition) is 0. The minimum atomic E-state index is 0.0156. The van der Waals surface area contributed by atoms with E-state index in [0.717, 1.165) is 6.42 Å². The van der Waals surface area contributed by atoms with Gasteiger partial charge in [0, 0.05) is 5.92 Å². The molecule has 1 aliphatic heterocycles. The van der Waals surface area contributed by atoms with E-state index >= 15 is 0 Å². The molecule has 1 saturated heterocycles. The van der Waals surface area contributed by atoms with Gasteiger partial charge in [-0.3, -0.25) is 0 Å². The van der Waals surface area contributed by atoms with Crippen LogP contribution in [0.25, 0.3) is 0 Å². The lowest BCUT2D eigenvalue weighted by Crippen LogP contribution is -2.39. The second-order valence-electron chi connectivity index (χ2n) is 6.37. The van der Waals surface area contributed by atoms with Crippen molar-refractivity contribution < 1.29 is 4.74 Å². The van der Waals surface area contributed by atoms with E-state index < -0.39 is 0 Å². The van der Waals surface area contributed by atoms with Gasteiger partial charge in [-0.2, -0.15) is 0 Å². The lowest BCUT2D eigenvalue weighted by atomic mass is 9.79. The Morgan fingerprint density at radius 3 is 2.94 bits per heavy atom. The van der Waals surface area contributed by atoms with Gasteiger partial charge in [0.15, 0.2) is 0 Å². The molecule has 0 radical (unpaired) electrons. The summed E-state index contributed by atoms with van der Waals surface area (Å²) in [6.45, 7) is 11.1. The first-order chi connectivity index (χ1) is 7.46. The van der Waals surface area contributed by atoms with Crippen LogP contribution in [0.5, 0.6) is 0 Å². The molecule has 2 fully saturated rings. The summed E-state index contributed by atoms with van der Waals surface area (Å²) in [6.07, 6.45) is 7.20. The minimum absolute atomic E-state index is 0.0156. The van der Waals surface area contributed by atoms with Gasteiger partial charge >= 0.3 is 0 Å². The standard InChI is InChI=1S/C15H22O/c1-10-5-7-12-9-15(16-14(12,3)4)11(2)6-8-13(10)15/h6,12-13H,1,5,7-9H2,2-4H3/t12-,13?,15+/m1/s1. The predicted molar refractivity (Wildman–Crippen MR) is 66.2 cm³/mol. The molecule has 3 atom stereocenters. The third-order valence-corrected chi connectivity index (χ3v) is 5.17. The first kappa shape index (κ1) is 10.6. The Morgan fingerprint density at radius 2 is 2.19 bits per heavy atom.